The molecule has 0 saturated heterocycles. The first-order chi connectivity index (χ1) is 15.7. The maximum Gasteiger partial charge on any atom is 0.519 e. The molecule has 0 amide bonds. The molecule has 0 aliphatic heterocycles. The molecule has 2 aromatic carbocycles. The van der Waals surface area contributed by atoms with E-state index in [4.69, 9.17) is 9.47 Å². The zero-order chi connectivity index (χ0) is 22.3. The highest BCUT2D eigenvalue weighted by molar-refractivity contribution is 5.67. The number of ether oxygens (including phenoxy) is 2. The molecule has 2 saturated carbocycles. The minimum atomic E-state index is -0.682. The van der Waals surface area contributed by atoms with Gasteiger partial charge in [0.1, 0.15) is 11.5 Å². The van der Waals surface area contributed by atoms with E-state index in [-0.39, 0.29) is 0 Å². The predicted octanol–water partition coefficient (Wildman–Crippen LogP) is 8.63. The first-order valence-electron chi connectivity index (χ1n) is 12.8. The van der Waals surface area contributed by atoms with Gasteiger partial charge in [0, 0.05) is 0 Å². The molecule has 3 heteroatoms. The standard InChI is InChI=1S/C29H38O3/c1-3-21-9-5-7-11-27(21)23-13-17-25(18-14-23)31-29(30)32-26-19-15-24(16-20-26)28-12-8-6-10-22(28)4-2/h13-22,27-28H,3-12H2,1-2H3. The fourth-order valence-electron chi connectivity index (χ4n) is 6.05. The minimum absolute atomic E-state index is 0.534. The molecular weight excluding hydrogens is 396 g/mol. The van der Waals surface area contributed by atoms with Crippen LogP contribution in [0.2, 0.25) is 0 Å². The van der Waals surface area contributed by atoms with E-state index in [0.717, 1.165) is 11.8 Å². The van der Waals surface area contributed by atoms with Crippen LogP contribution in [-0.4, -0.2) is 6.16 Å². The number of benzene rings is 2. The molecule has 3 nitrogen and oxygen atoms in total. The Hall–Kier alpha value is -2.29. The molecule has 0 spiro atoms. The summed E-state index contributed by atoms with van der Waals surface area (Å²) in [6.07, 6.45) is 12.3. The van der Waals surface area contributed by atoms with Crippen LogP contribution in [0.5, 0.6) is 11.5 Å². The zero-order valence-electron chi connectivity index (χ0n) is 19.7. The van der Waals surface area contributed by atoms with Crippen molar-refractivity contribution in [1.29, 1.82) is 0 Å². The van der Waals surface area contributed by atoms with Crippen LogP contribution in [0.15, 0.2) is 48.5 Å². The molecule has 4 atom stereocenters. The van der Waals surface area contributed by atoms with Gasteiger partial charge in [0.05, 0.1) is 0 Å². The smallest absolute Gasteiger partial charge is 0.395 e. The van der Waals surface area contributed by atoms with E-state index >= 15 is 0 Å². The molecule has 2 fully saturated rings. The quantitative estimate of drug-likeness (QED) is 0.337. The van der Waals surface area contributed by atoms with E-state index in [1.807, 2.05) is 24.3 Å². The second kappa shape index (κ2) is 11.0. The molecule has 4 rings (SSSR count). The summed E-state index contributed by atoms with van der Waals surface area (Å²) >= 11 is 0. The fourth-order valence-corrected chi connectivity index (χ4v) is 6.05. The lowest BCUT2D eigenvalue weighted by Gasteiger charge is -2.31. The Labute approximate surface area is 193 Å². The van der Waals surface area contributed by atoms with Gasteiger partial charge in [0.15, 0.2) is 0 Å². The van der Waals surface area contributed by atoms with Crippen LogP contribution in [0.3, 0.4) is 0 Å². The van der Waals surface area contributed by atoms with Gasteiger partial charge in [-0.25, -0.2) is 4.79 Å². The first-order valence-corrected chi connectivity index (χ1v) is 12.8. The van der Waals surface area contributed by atoms with Crippen molar-refractivity contribution in [3.05, 3.63) is 59.7 Å². The largest absolute Gasteiger partial charge is 0.519 e. The molecular formula is C29H38O3. The monoisotopic (exact) mass is 434 g/mol. The van der Waals surface area contributed by atoms with Crippen molar-refractivity contribution in [3.8, 4) is 11.5 Å². The highest BCUT2D eigenvalue weighted by Crippen LogP contribution is 2.41. The van der Waals surface area contributed by atoms with Gasteiger partial charge < -0.3 is 9.47 Å². The van der Waals surface area contributed by atoms with Crippen molar-refractivity contribution in [2.75, 3.05) is 0 Å². The van der Waals surface area contributed by atoms with Gasteiger partial charge in [0.25, 0.3) is 0 Å². The Kier molecular flexibility index (Phi) is 7.89. The van der Waals surface area contributed by atoms with Crippen LogP contribution >= 0.6 is 0 Å². The molecule has 2 aliphatic rings. The van der Waals surface area contributed by atoms with Crippen molar-refractivity contribution in [2.45, 2.75) is 89.9 Å². The van der Waals surface area contributed by atoms with Gasteiger partial charge in [-0.15, -0.1) is 0 Å². The first kappa shape index (κ1) is 22.9. The topological polar surface area (TPSA) is 35.5 Å². The summed E-state index contributed by atoms with van der Waals surface area (Å²) in [5.74, 6) is 3.86. The van der Waals surface area contributed by atoms with E-state index in [9.17, 15) is 4.79 Å². The van der Waals surface area contributed by atoms with Gasteiger partial charge in [-0.05, 0) is 84.7 Å². The van der Waals surface area contributed by atoms with Crippen LogP contribution < -0.4 is 9.47 Å². The third kappa shape index (κ3) is 5.54. The van der Waals surface area contributed by atoms with Crippen LogP contribution in [0, 0.1) is 11.8 Å². The summed E-state index contributed by atoms with van der Waals surface area (Å²) in [5.41, 5.74) is 2.72. The molecule has 4 unspecified atom stereocenters. The molecule has 2 aromatic rings. The highest BCUT2D eigenvalue weighted by Gasteiger charge is 2.26. The Morgan fingerprint density at radius 3 is 1.41 bits per heavy atom. The maximum absolute atomic E-state index is 12.3. The summed E-state index contributed by atoms with van der Waals surface area (Å²) in [4.78, 5) is 12.3. The lowest BCUT2D eigenvalue weighted by Crippen LogP contribution is -2.17. The lowest BCUT2D eigenvalue weighted by atomic mass is 9.74. The molecule has 172 valence electrons. The minimum Gasteiger partial charge on any atom is -0.395 e. The molecule has 0 aromatic heterocycles. The number of carbonyl (C=O) groups excluding carboxylic acids is 1. The maximum atomic E-state index is 12.3. The highest BCUT2D eigenvalue weighted by atomic mass is 16.7. The average molecular weight is 435 g/mol. The van der Waals surface area contributed by atoms with Crippen LogP contribution in [0.25, 0.3) is 0 Å². The number of rotatable bonds is 6. The van der Waals surface area contributed by atoms with Crippen molar-refractivity contribution in [3.63, 3.8) is 0 Å². The Morgan fingerprint density at radius 2 is 1.03 bits per heavy atom. The van der Waals surface area contributed by atoms with Crippen molar-refractivity contribution in [2.24, 2.45) is 11.8 Å². The number of carbonyl (C=O) groups is 1. The summed E-state index contributed by atoms with van der Waals surface area (Å²) in [5, 5.41) is 0. The van der Waals surface area contributed by atoms with Crippen LogP contribution in [0.4, 0.5) is 4.79 Å². The zero-order valence-corrected chi connectivity index (χ0v) is 19.7. The molecule has 0 bridgehead atoms. The molecule has 0 radical (unpaired) electrons. The Morgan fingerprint density at radius 1 is 0.656 bits per heavy atom. The average Bonchev–Trinajstić information content (AvgIpc) is 2.85. The lowest BCUT2D eigenvalue weighted by molar-refractivity contribution is 0.152. The predicted molar refractivity (Wildman–Crippen MR) is 130 cm³/mol. The second-order valence-corrected chi connectivity index (χ2v) is 9.71. The van der Waals surface area contributed by atoms with Gasteiger partial charge in [-0.1, -0.05) is 76.6 Å². The molecule has 0 heterocycles. The summed E-state index contributed by atoms with van der Waals surface area (Å²) in [6, 6.07) is 16.1. The second-order valence-electron chi connectivity index (χ2n) is 9.71. The molecule has 0 N–H and O–H groups in total. The van der Waals surface area contributed by atoms with Crippen molar-refractivity contribution >= 4 is 6.16 Å². The summed E-state index contributed by atoms with van der Waals surface area (Å²) < 4.78 is 10.9. The molecule has 2 aliphatic carbocycles. The Balaban J connectivity index is 1.32. The van der Waals surface area contributed by atoms with Gasteiger partial charge >= 0.3 is 6.16 Å². The third-order valence-electron chi connectivity index (χ3n) is 7.89. The summed E-state index contributed by atoms with van der Waals surface area (Å²) in [6.45, 7) is 4.58. The van der Waals surface area contributed by atoms with Crippen molar-refractivity contribution < 1.29 is 14.3 Å². The van der Waals surface area contributed by atoms with Crippen LogP contribution in [0.1, 0.15) is 101 Å². The van der Waals surface area contributed by atoms with Gasteiger partial charge in [-0.2, -0.15) is 0 Å². The number of hydrogen-bond acceptors (Lipinski definition) is 3. The molecule has 32 heavy (non-hydrogen) atoms. The summed E-state index contributed by atoms with van der Waals surface area (Å²) in [7, 11) is 0. The van der Waals surface area contributed by atoms with E-state index < -0.39 is 6.16 Å². The number of hydrogen-bond donors (Lipinski definition) is 0. The fraction of sp³-hybridized carbons (Fsp3) is 0.552. The van der Waals surface area contributed by atoms with Gasteiger partial charge in [0.2, 0.25) is 0 Å². The van der Waals surface area contributed by atoms with E-state index in [1.165, 1.54) is 75.3 Å². The van der Waals surface area contributed by atoms with E-state index in [0.29, 0.717) is 23.3 Å². The Bertz CT molecular complexity index is 783. The normalized spacial score (nSPS) is 25.8. The van der Waals surface area contributed by atoms with E-state index in [2.05, 4.69) is 38.1 Å². The van der Waals surface area contributed by atoms with E-state index in [1.54, 1.807) is 0 Å². The van der Waals surface area contributed by atoms with Crippen molar-refractivity contribution in [1.82, 2.24) is 0 Å². The SMILES string of the molecule is CCC1CCCCC1c1ccc(OC(=O)Oc2ccc(C3CCCCC3CC)cc2)cc1. The van der Waals surface area contributed by atoms with Gasteiger partial charge in [-0.3, -0.25) is 0 Å². The third-order valence-corrected chi connectivity index (χ3v) is 7.89. The van der Waals surface area contributed by atoms with Crippen LogP contribution in [-0.2, 0) is 0 Å².